The number of methoxy groups -OCH3 is 1. The predicted molar refractivity (Wildman–Crippen MR) is 62.5 cm³/mol. The largest absolute Gasteiger partial charge is 0.373 e. The predicted octanol–water partition coefficient (Wildman–Crippen LogP) is 1.65. The Hall–Kier alpha value is -1.75. The van der Waals surface area contributed by atoms with Crippen LogP contribution in [0.1, 0.15) is 18.4 Å². The Morgan fingerprint density at radius 1 is 1.41 bits per heavy atom. The summed E-state index contributed by atoms with van der Waals surface area (Å²) in [5.41, 5.74) is 0.742. The van der Waals surface area contributed by atoms with Gasteiger partial charge in [0.25, 0.3) is 0 Å². The molecule has 0 N–H and O–H groups in total. The van der Waals surface area contributed by atoms with Gasteiger partial charge in [-0.2, -0.15) is 0 Å². The Bertz CT molecular complexity index is 391. The minimum absolute atomic E-state index is 0.205. The zero-order chi connectivity index (χ0) is 12.8. The minimum Gasteiger partial charge on any atom is -0.373 e. The molecule has 0 bridgehead atoms. The molecular formula is C12H15NO4. The van der Waals surface area contributed by atoms with Gasteiger partial charge in [-0.3, -0.25) is 14.9 Å². The number of Topliss-reactive ketones (excluding diaryl/α,β-unsaturated/α-hetero) is 1. The average molecular weight is 237 g/mol. The van der Waals surface area contributed by atoms with Crippen LogP contribution in [0.5, 0.6) is 0 Å². The van der Waals surface area contributed by atoms with Crippen molar-refractivity contribution in [1.82, 2.24) is 0 Å². The van der Waals surface area contributed by atoms with Crippen molar-refractivity contribution in [3.63, 3.8) is 0 Å². The van der Waals surface area contributed by atoms with Crippen LogP contribution in [-0.4, -0.2) is 30.5 Å². The molecule has 0 radical (unpaired) electrons. The molecule has 0 aliphatic heterocycles. The molecule has 0 saturated heterocycles. The maximum Gasteiger partial charge on any atom is 0.213 e. The van der Waals surface area contributed by atoms with E-state index in [4.69, 9.17) is 4.74 Å². The molecule has 0 aliphatic rings. The number of ketones is 1. The summed E-state index contributed by atoms with van der Waals surface area (Å²) in [4.78, 5) is 21.7. The van der Waals surface area contributed by atoms with Crippen molar-refractivity contribution < 1.29 is 14.5 Å². The van der Waals surface area contributed by atoms with Crippen molar-refractivity contribution in [2.75, 3.05) is 13.7 Å². The van der Waals surface area contributed by atoms with Crippen molar-refractivity contribution >= 4 is 5.78 Å². The second-order valence-corrected chi connectivity index (χ2v) is 3.80. The van der Waals surface area contributed by atoms with Crippen LogP contribution in [0.3, 0.4) is 0 Å². The van der Waals surface area contributed by atoms with E-state index in [0.717, 1.165) is 5.56 Å². The topological polar surface area (TPSA) is 69.4 Å². The van der Waals surface area contributed by atoms with Crippen LogP contribution in [0.25, 0.3) is 0 Å². The first-order chi connectivity index (χ1) is 8.06. The quantitative estimate of drug-likeness (QED) is 0.557. The van der Waals surface area contributed by atoms with Gasteiger partial charge in [-0.15, -0.1) is 0 Å². The van der Waals surface area contributed by atoms with Crippen LogP contribution < -0.4 is 0 Å². The Morgan fingerprint density at radius 2 is 2.00 bits per heavy atom. The van der Waals surface area contributed by atoms with Gasteiger partial charge in [-0.05, 0) is 12.5 Å². The van der Waals surface area contributed by atoms with Gasteiger partial charge in [0.15, 0.2) is 5.78 Å². The second kappa shape index (κ2) is 6.10. The number of carbonyl (C=O) groups excluding carboxylic acids is 1. The van der Waals surface area contributed by atoms with Gasteiger partial charge in [-0.1, -0.05) is 30.3 Å². The van der Waals surface area contributed by atoms with Crippen molar-refractivity contribution in [3.8, 4) is 0 Å². The number of hydrogen-bond acceptors (Lipinski definition) is 4. The molecule has 1 rings (SSSR count). The zero-order valence-electron chi connectivity index (χ0n) is 9.83. The molecule has 1 aromatic carbocycles. The summed E-state index contributed by atoms with van der Waals surface area (Å²) in [5, 5.41) is 10.7. The fourth-order valence-corrected chi connectivity index (χ4v) is 1.85. The van der Waals surface area contributed by atoms with Gasteiger partial charge in [-0.25, -0.2) is 0 Å². The van der Waals surface area contributed by atoms with Crippen molar-refractivity contribution in [2.24, 2.45) is 0 Å². The number of rotatable bonds is 6. The summed E-state index contributed by atoms with van der Waals surface area (Å²) in [6.07, 6.45) is -0.775. The molecule has 2 unspecified atom stereocenters. The monoisotopic (exact) mass is 237 g/mol. The molecule has 0 fully saturated rings. The highest BCUT2D eigenvalue weighted by Gasteiger charge is 2.31. The third-order valence-electron chi connectivity index (χ3n) is 2.59. The first-order valence-electron chi connectivity index (χ1n) is 5.26. The summed E-state index contributed by atoms with van der Waals surface area (Å²) < 4.78 is 5.08. The number of nitrogens with zero attached hydrogens (tertiary/aromatic N) is 1. The Balaban J connectivity index is 3.02. The number of nitro groups is 1. The summed E-state index contributed by atoms with van der Waals surface area (Å²) in [6, 6.07) is 8.93. The van der Waals surface area contributed by atoms with Gasteiger partial charge in [0.2, 0.25) is 6.54 Å². The molecule has 1 aromatic rings. The van der Waals surface area contributed by atoms with Crippen LogP contribution in [0.4, 0.5) is 0 Å². The molecule has 0 heterocycles. The van der Waals surface area contributed by atoms with E-state index in [-0.39, 0.29) is 12.3 Å². The van der Waals surface area contributed by atoms with Crippen molar-refractivity contribution in [3.05, 3.63) is 46.0 Å². The van der Waals surface area contributed by atoms with Gasteiger partial charge in [0.1, 0.15) is 6.10 Å². The lowest BCUT2D eigenvalue weighted by Crippen LogP contribution is -2.32. The van der Waals surface area contributed by atoms with Crippen LogP contribution in [0.2, 0.25) is 0 Å². The van der Waals surface area contributed by atoms with Gasteiger partial charge in [0.05, 0.1) is 5.92 Å². The Labute approximate surface area is 99.5 Å². The molecule has 17 heavy (non-hydrogen) atoms. The molecule has 5 heteroatoms. The summed E-state index contributed by atoms with van der Waals surface area (Å²) in [6.45, 7) is 1.06. The fraction of sp³-hybridized carbons (Fsp3) is 0.417. The van der Waals surface area contributed by atoms with Gasteiger partial charge in [0, 0.05) is 12.0 Å². The lowest BCUT2D eigenvalue weighted by molar-refractivity contribution is -0.485. The van der Waals surface area contributed by atoms with Crippen LogP contribution in [-0.2, 0) is 9.53 Å². The maximum absolute atomic E-state index is 11.4. The highest BCUT2D eigenvalue weighted by molar-refractivity contribution is 5.81. The van der Waals surface area contributed by atoms with Gasteiger partial charge >= 0.3 is 0 Å². The molecule has 92 valence electrons. The summed E-state index contributed by atoms with van der Waals surface area (Å²) in [5.74, 6) is -0.753. The average Bonchev–Trinajstić information content (AvgIpc) is 2.29. The molecule has 0 saturated carbocycles. The van der Waals surface area contributed by atoms with Crippen LogP contribution >= 0.6 is 0 Å². The highest BCUT2D eigenvalue weighted by Crippen LogP contribution is 2.22. The van der Waals surface area contributed by atoms with E-state index < -0.39 is 16.9 Å². The number of carbonyl (C=O) groups is 1. The first kappa shape index (κ1) is 13.3. The standard InChI is InChI=1S/C12H15NO4/c1-9(14)12(17-2)11(8-13(15)16)10-6-4-3-5-7-10/h3-7,11-12H,8H2,1-2H3. The Morgan fingerprint density at radius 3 is 2.41 bits per heavy atom. The molecule has 0 aliphatic carbocycles. The molecular weight excluding hydrogens is 222 g/mol. The molecule has 0 spiro atoms. The number of benzene rings is 1. The molecule has 0 amide bonds. The minimum atomic E-state index is -0.775. The van der Waals surface area contributed by atoms with E-state index in [1.165, 1.54) is 14.0 Å². The van der Waals surface area contributed by atoms with E-state index >= 15 is 0 Å². The lowest BCUT2D eigenvalue weighted by Gasteiger charge is -2.21. The first-order valence-corrected chi connectivity index (χ1v) is 5.26. The van der Waals surface area contributed by atoms with E-state index in [0.29, 0.717) is 0 Å². The highest BCUT2D eigenvalue weighted by atomic mass is 16.6. The van der Waals surface area contributed by atoms with E-state index in [9.17, 15) is 14.9 Å². The molecule has 2 atom stereocenters. The van der Waals surface area contributed by atoms with E-state index in [1.807, 2.05) is 6.07 Å². The number of ether oxygens (including phenoxy) is 1. The second-order valence-electron chi connectivity index (χ2n) is 3.80. The number of hydrogen-bond donors (Lipinski definition) is 0. The lowest BCUT2D eigenvalue weighted by atomic mass is 9.91. The summed E-state index contributed by atoms with van der Waals surface area (Å²) in [7, 11) is 1.39. The molecule has 0 aromatic heterocycles. The normalized spacial score (nSPS) is 14.0. The van der Waals surface area contributed by atoms with E-state index in [1.54, 1.807) is 24.3 Å². The van der Waals surface area contributed by atoms with Gasteiger partial charge < -0.3 is 4.74 Å². The SMILES string of the molecule is COC(C(C)=O)C(C[N+](=O)[O-])c1ccccc1. The van der Waals surface area contributed by atoms with Crippen molar-refractivity contribution in [2.45, 2.75) is 18.9 Å². The van der Waals surface area contributed by atoms with E-state index in [2.05, 4.69) is 0 Å². The van der Waals surface area contributed by atoms with Crippen molar-refractivity contribution in [1.29, 1.82) is 0 Å². The van der Waals surface area contributed by atoms with Crippen LogP contribution in [0, 0.1) is 10.1 Å². The fourth-order valence-electron chi connectivity index (χ4n) is 1.85. The molecule has 5 nitrogen and oxygen atoms in total. The smallest absolute Gasteiger partial charge is 0.213 e. The third-order valence-corrected chi connectivity index (χ3v) is 2.59. The van der Waals surface area contributed by atoms with Crippen LogP contribution in [0.15, 0.2) is 30.3 Å². The maximum atomic E-state index is 11.4. The zero-order valence-corrected chi connectivity index (χ0v) is 9.83. The third kappa shape index (κ3) is 3.64. The summed E-state index contributed by atoms with van der Waals surface area (Å²) >= 11 is 0. The Kier molecular flexibility index (Phi) is 4.78.